The molecule has 0 spiro atoms. The first kappa shape index (κ1) is 30.3. The molecule has 4 rings (SSSR count). The fraction of sp³-hybridized carbons (Fsp3) is 0.968. The van der Waals surface area contributed by atoms with Crippen LogP contribution in [-0.2, 0) is 19.4 Å². The Kier molecular flexibility index (Phi) is 9.31. The summed E-state index contributed by atoms with van der Waals surface area (Å²) in [5.74, 6) is 1.85. The zero-order valence-electron chi connectivity index (χ0n) is 24.5. The van der Waals surface area contributed by atoms with Crippen molar-refractivity contribution in [2.75, 3.05) is 18.1 Å². The molecule has 0 radical (unpaired) electrons. The SMILES string of the molecule is CCCCS(=O)(=O)CC(=O)OCC[C@@H](C)[C@H]1CC[C@H]2[C@@H]3[C@H](O)[C@H](CC)[C@@H]4C[C@H](O)CC[C@]4(C)[C@H]3CC[C@]12C. The average molecular weight is 555 g/mol. The van der Waals surface area contributed by atoms with E-state index >= 15 is 0 Å². The number of carbonyl (C=O) groups is 1. The maximum atomic E-state index is 12.2. The van der Waals surface area contributed by atoms with Gasteiger partial charge in [0.2, 0.25) is 0 Å². The molecule has 0 amide bonds. The molecule has 0 bridgehead atoms. The fourth-order valence-corrected chi connectivity index (χ4v) is 11.5. The van der Waals surface area contributed by atoms with Gasteiger partial charge in [-0.1, -0.05) is 47.5 Å². The minimum Gasteiger partial charge on any atom is -0.465 e. The highest BCUT2D eigenvalue weighted by Crippen LogP contribution is 2.69. The van der Waals surface area contributed by atoms with Gasteiger partial charge in [-0.3, -0.25) is 4.79 Å². The van der Waals surface area contributed by atoms with Crippen LogP contribution in [0.25, 0.3) is 0 Å². The van der Waals surface area contributed by atoms with E-state index < -0.39 is 21.6 Å². The normalized spacial score (nSPS) is 43.6. The van der Waals surface area contributed by atoms with Gasteiger partial charge in [-0.2, -0.15) is 0 Å². The quantitative estimate of drug-likeness (QED) is 0.351. The first-order valence-electron chi connectivity index (χ1n) is 15.6. The number of sulfone groups is 1. The zero-order chi connectivity index (χ0) is 27.9. The van der Waals surface area contributed by atoms with Gasteiger partial charge in [0.15, 0.2) is 9.84 Å². The monoisotopic (exact) mass is 554 g/mol. The molecule has 2 N–H and O–H groups in total. The number of aliphatic hydroxyl groups excluding tert-OH is 2. The van der Waals surface area contributed by atoms with E-state index in [1.54, 1.807) is 0 Å². The maximum Gasteiger partial charge on any atom is 0.321 e. The van der Waals surface area contributed by atoms with Crippen LogP contribution in [0, 0.1) is 52.3 Å². The largest absolute Gasteiger partial charge is 0.465 e. The van der Waals surface area contributed by atoms with E-state index in [2.05, 4.69) is 27.7 Å². The van der Waals surface area contributed by atoms with Crippen molar-refractivity contribution < 1.29 is 28.2 Å². The van der Waals surface area contributed by atoms with Gasteiger partial charge in [0.05, 0.1) is 24.6 Å². The third kappa shape index (κ3) is 5.59. The standard InChI is InChI=1S/C31H54O6S/c1-6-8-17-38(35,36)19-27(33)37-16-13-20(3)23-9-10-24-28-25(12-15-30(23,24)4)31(5)14-11-21(32)18-26(31)22(7-2)29(28)34/h20-26,28-29,32,34H,6-19H2,1-5H3/t20-,21-,22-,23-,24+,25+,26+,28+,29-,30-,31-/m1/s1. The lowest BCUT2D eigenvalue weighted by Gasteiger charge is -2.64. The highest BCUT2D eigenvalue weighted by Gasteiger charge is 2.64. The van der Waals surface area contributed by atoms with E-state index in [1.807, 2.05) is 6.92 Å². The number of carbonyl (C=O) groups excluding carboxylic acids is 1. The highest BCUT2D eigenvalue weighted by atomic mass is 32.2. The van der Waals surface area contributed by atoms with Gasteiger partial charge in [-0.15, -0.1) is 0 Å². The van der Waals surface area contributed by atoms with Crippen LogP contribution >= 0.6 is 0 Å². The lowest BCUT2D eigenvalue weighted by atomic mass is 9.41. The Morgan fingerprint density at radius 2 is 1.68 bits per heavy atom. The van der Waals surface area contributed by atoms with E-state index in [1.165, 1.54) is 6.42 Å². The summed E-state index contributed by atoms with van der Waals surface area (Å²) < 4.78 is 29.6. The molecule has 7 heteroatoms. The lowest BCUT2D eigenvalue weighted by molar-refractivity contribution is -0.203. The second kappa shape index (κ2) is 11.7. The molecule has 0 aromatic heterocycles. The van der Waals surface area contributed by atoms with Crippen molar-refractivity contribution in [3.63, 3.8) is 0 Å². The molecule has 11 atom stereocenters. The van der Waals surface area contributed by atoms with Crippen molar-refractivity contribution in [1.82, 2.24) is 0 Å². The second-order valence-electron chi connectivity index (χ2n) is 14.1. The maximum absolute atomic E-state index is 12.2. The molecule has 4 saturated carbocycles. The van der Waals surface area contributed by atoms with Crippen LogP contribution in [0.1, 0.15) is 105 Å². The molecule has 0 saturated heterocycles. The lowest BCUT2D eigenvalue weighted by Crippen LogP contribution is -2.62. The van der Waals surface area contributed by atoms with E-state index in [0.717, 1.165) is 57.8 Å². The Balaban J connectivity index is 1.40. The van der Waals surface area contributed by atoms with Crippen LogP contribution in [-0.4, -0.2) is 54.9 Å². The zero-order valence-corrected chi connectivity index (χ0v) is 25.3. The van der Waals surface area contributed by atoms with Crippen molar-refractivity contribution in [2.24, 2.45) is 52.3 Å². The molecule has 0 unspecified atom stereocenters. The van der Waals surface area contributed by atoms with Crippen molar-refractivity contribution >= 4 is 15.8 Å². The number of hydrogen-bond donors (Lipinski definition) is 2. The molecule has 38 heavy (non-hydrogen) atoms. The van der Waals surface area contributed by atoms with Gasteiger partial charge >= 0.3 is 5.97 Å². The summed E-state index contributed by atoms with van der Waals surface area (Å²) in [6.07, 6.45) is 10.0. The van der Waals surface area contributed by atoms with Gasteiger partial charge < -0.3 is 14.9 Å². The molecule has 4 fully saturated rings. The third-order valence-electron chi connectivity index (χ3n) is 12.1. The minimum atomic E-state index is -3.39. The van der Waals surface area contributed by atoms with Gasteiger partial charge in [-0.05, 0) is 110 Å². The summed E-state index contributed by atoms with van der Waals surface area (Å²) in [7, 11) is -3.39. The number of ether oxygens (including phenoxy) is 1. The van der Waals surface area contributed by atoms with Crippen molar-refractivity contribution in [3.05, 3.63) is 0 Å². The number of unbranched alkanes of at least 4 members (excludes halogenated alkanes) is 1. The summed E-state index contributed by atoms with van der Waals surface area (Å²) >= 11 is 0. The van der Waals surface area contributed by atoms with Gasteiger partial charge in [0.25, 0.3) is 0 Å². The Morgan fingerprint density at radius 3 is 2.37 bits per heavy atom. The Bertz CT molecular complexity index is 935. The number of fused-ring (bicyclic) bond motifs is 5. The van der Waals surface area contributed by atoms with Crippen LogP contribution in [0.15, 0.2) is 0 Å². The molecule has 0 aliphatic heterocycles. The highest BCUT2D eigenvalue weighted by molar-refractivity contribution is 7.92. The van der Waals surface area contributed by atoms with Crippen LogP contribution in [0.3, 0.4) is 0 Å². The van der Waals surface area contributed by atoms with E-state index in [4.69, 9.17) is 4.74 Å². The topological polar surface area (TPSA) is 101 Å². The van der Waals surface area contributed by atoms with Crippen molar-refractivity contribution in [3.8, 4) is 0 Å². The van der Waals surface area contributed by atoms with Gasteiger partial charge in [0, 0.05) is 0 Å². The Labute approximate surface area is 231 Å². The molecule has 0 aromatic carbocycles. The second-order valence-corrected chi connectivity index (χ2v) is 16.2. The summed E-state index contributed by atoms with van der Waals surface area (Å²) in [5.41, 5.74) is 0.380. The molecule has 220 valence electrons. The van der Waals surface area contributed by atoms with E-state index in [0.29, 0.717) is 41.9 Å². The van der Waals surface area contributed by atoms with Crippen LogP contribution in [0.4, 0.5) is 0 Å². The predicted molar refractivity (Wildman–Crippen MR) is 150 cm³/mol. The number of aliphatic hydroxyl groups is 2. The molecule has 4 aliphatic rings. The van der Waals surface area contributed by atoms with Gasteiger partial charge in [-0.25, -0.2) is 8.42 Å². The average Bonchev–Trinajstić information content (AvgIpc) is 3.21. The van der Waals surface area contributed by atoms with Crippen LogP contribution < -0.4 is 0 Å². The number of esters is 1. The fourth-order valence-electron chi connectivity index (χ4n) is 10.2. The first-order valence-corrected chi connectivity index (χ1v) is 17.4. The summed E-state index contributed by atoms with van der Waals surface area (Å²) in [5, 5.41) is 22.3. The third-order valence-corrected chi connectivity index (χ3v) is 13.7. The molecule has 4 aliphatic carbocycles. The first-order chi connectivity index (χ1) is 17.9. The molecule has 6 nitrogen and oxygen atoms in total. The van der Waals surface area contributed by atoms with E-state index in [-0.39, 0.29) is 41.3 Å². The molecule has 0 aromatic rings. The molecular formula is C31H54O6S. The summed E-state index contributed by atoms with van der Waals surface area (Å²) in [6.45, 7) is 11.6. The van der Waals surface area contributed by atoms with Gasteiger partial charge in [0.1, 0.15) is 5.75 Å². The van der Waals surface area contributed by atoms with Crippen molar-refractivity contribution in [2.45, 2.75) is 117 Å². The predicted octanol–water partition coefficient (Wildman–Crippen LogP) is 5.40. The summed E-state index contributed by atoms with van der Waals surface area (Å²) in [6, 6.07) is 0. The van der Waals surface area contributed by atoms with Crippen LogP contribution in [0.5, 0.6) is 0 Å². The number of rotatable bonds is 10. The molecular weight excluding hydrogens is 500 g/mol. The summed E-state index contributed by atoms with van der Waals surface area (Å²) in [4.78, 5) is 12.2. The Hall–Kier alpha value is -0.660. The number of hydrogen-bond acceptors (Lipinski definition) is 6. The van der Waals surface area contributed by atoms with Crippen molar-refractivity contribution in [1.29, 1.82) is 0 Å². The molecule has 0 heterocycles. The van der Waals surface area contributed by atoms with Crippen LogP contribution in [0.2, 0.25) is 0 Å². The minimum absolute atomic E-state index is 0.0457. The van der Waals surface area contributed by atoms with E-state index in [9.17, 15) is 23.4 Å². The Morgan fingerprint density at radius 1 is 1.00 bits per heavy atom. The smallest absolute Gasteiger partial charge is 0.321 e.